The molecular formula is C10H19NO5S. The van der Waals surface area contributed by atoms with Crippen molar-refractivity contribution in [3.63, 3.8) is 0 Å². The number of rotatable bonds is 4. The Hall–Kier alpha value is -0.470. The van der Waals surface area contributed by atoms with Crippen LogP contribution in [0.4, 0.5) is 0 Å². The van der Waals surface area contributed by atoms with Crippen LogP contribution in [0.15, 0.2) is 0 Å². The summed E-state index contributed by atoms with van der Waals surface area (Å²) in [6, 6.07) is 0. The van der Waals surface area contributed by atoms with E-state index in [1.807, 2.05) is 6.92 Å². The maximum Gasteiger partial charge on any atom is 0.258 e. The Balaban J connectivity index is 2.33. The lowest BCUT2D eigenvalue weighted by molar-refractivity contribution is -0.191. The van der Waals surface area contributed by atoms with Gasteiger partial charge in [0.25, 0.3) is 5.17 Å². The van der Waals surface area contributed by atoms with Crippen molar-refractivity contribution in [3.05, 3.63) is 0 Å². The van der Waals surface area contributed by atoms with Gasteiger partial charge in [0.15, 0.2) is 6.23 Å². The summed E-state index contributed by atoms with van der Waals surface area (Å²) in [6.45, 7) is 2.47. The van der Waals surface area contributed by atoms with Gasteiger partial charge in [-0.15, -0.1) is 0 Å². The molecule has 0 bridgehead atoms. The molecule has 4 atom stereocenters. The molecule has 0 amide bonds. The molecular weight excluding hydrogens is 246 g/mol. The first kappa shape index (κ1) is 14.6. The Morgan fingerprint density at radius 2 is 2.12 bits per heavy atom. The summed E-state index contributed by atoms with van der Waals surface area (Å²) in [5.74, 6) is 0. The number of ether oxygens (including phenoxy) is 2. The van der Waals surface area contributed by atoms with Crippen LogP contribution in [0.25, 0.3) is 0 Å². The molecule has 0 spiro atoms. The van der Waals surface area contributed by atoms with E-state index >= 15 is 0 Å². The molecule has 0 saturated carbocycles. The molecule has 1 fully saturated rings. The van der Waals surface area contributed by atoms with Gasteiger partial charge in [0.2, 0.25) is 0 Å². The molecule has 1 heterocycles. The molecule has 7 heteroatoms. The van der Waals surface area contributed by atoms with Crippen molar-refractivity contribution >= 4 is 17.4 Å². The third kappa shape index (κ3) is 4.36. The minimum Gasteiger partial charge on any atom is -0.471 e. The van der Waals surface area contributed by atoms with Gasteiger partial charge in [-0.05, 0) is 18.6 Å². The van der Waals surface area contributed by atoms with Crippen molar-refractivity contribution in [2.45, 2.75) is 44.3 Å². The first-order valence-electron chi connectivity index (χ1n) is 5.65. The van der Waals surface area contributed by atoms with Crippen LogP contribution >= 0.6 is 12.2 Å². The molecule has 1 saturated heterocycles. The molecule has 1 rings (SSSR count). The van der Waals surface area contributed by atoms with E-state index in [0.29, 0.717) is 6.61 Å². The predicted molar refractivity (Wildman–Crippen MR) is 64.4 cm³/mol. The molecule has 1 aliphatic heterocycles. The lowest BCUT2D eigenvalue weighted by Crippen LogP contribution is -2.58. The van der Waals surface area contributed by atoms with Crippen molar-refractivity contribution in [2.75, 3.05) is 13.2 Å². The van der Waals surface area contributed by atoms with Crippen LogP contribution in [0.3, 0.4) is 0 Å². The average molecular weight is 265 g/mol. The van der Waals surface area contributed by atoms with E-state index in [9.17, 15) is 15.3 Å². The normalized spacial score (nSPS) is 33.2. The fraction of sp³-hybridized carbons (Fsp3) is 0.900. The summed E-state index contributed by atoms with van der Waals surface area (Å²) in [4.78, 5) is 0. The Bertz CT molecular complexity index is 253. The van der Waals surface area contributed by atoms with Gasteiger partial charge in [-0.3, -0.25) is 0 Å². The largest absolute Gasteiger partial charge is 0.471 e. The average Bonchev–Trinajstić information content (AvgIpc) is 2.30. The fourth-order valence-corrected chi connectivity index (χ4v) is 1.60. The van der Waals surface area contributed by atoms with Crippen molar-refractivity contribution in [1.29, 1.82) is 0 Å². The molecule has 0 aromatic heterocycles. The molecule has 0 aliphatic carbocycles. The van der Waals surface area contributed by atoms with E-state index in [0.717, 1.165) is 12.8 Å². The molecule has 17 heavy (non-hydrogen) atoms. The summed E-state index contributed by atoms with van der Waals surface area (Å²) in [7, 11) is 0. The van der Waals surface area contributed by atoms with Crippen molar-refractivity contribution in [3.8, 4) is 0 Å². The molecule has 0 unspecified atom stereocenters. The first-order valence-corrected chi connectivity index (χ1v) is 6.06. The summed E-state index contributed by atoms with van der Waals surface area (Å²) in [5, 5.41) is 31.1. The van der Waals surface area contributed by atoms with Gasteiger partial charge in [0.05, 0.1) is 13.2 Å². The van der Waals surface area contributed by atoms with Crippen LogP contribution < -0.4 is 5.32 Å². The maximum atomic E-state index is 9.62. The molecule has 4 N–H and O–H groups in total. The van der Waals surface area contributed by atoms with E-state index in [4.69, 9.17) is 21.7 Å². The fourth-order valence-electron chi connectivity index (χ4n) is 1.40. The van der Waals surface area contributed by atoms with E-state index in [1.165, 1.54) is 0 Å². The molecule has 1 aliphatic rings. The zero-order chi connectivity index (χ0) is 12.8. The predicted octanol–water partition coefficient (Wildman–Crippen LogP) is -0.883. The SMILES string of the molecule is CCCCOC(=S)N[C@@H]1OC[C@H](O)[C@@H](O)[C@H]1O. The highest BCUT2D eigenvalue weighted by Gasteiger charge is 2.37. The second-order valence-corrected chi connectivity index (χ2v) is 4.31. The summed E-state index contributed by atoms with van der Waals surface area (Å²) in [6.07, 6.45) is -2.56. The van der Waals surface area contributed by atoms with E-state index in [2.05, 4.69) is 5.32 Å². The highest BCUT2D eigenvalue weighted by atomic mass is 32.1. The summed E-state index contributed by atoms with van der Waals surface area (Å²) >= 11 is 4.90. The van der Waals surface area contributed by atoms with Crippen LogP contribution in [-0.2, 0) is 9.47 Å². The third-order valence-corrected chi connectivity index (χ3v) is 2.73. The zero-order valence-electron chi connectivity index (χ0n) is 9.70. The minimum absolute atomic E-state index is 0.0620. The quantitative estimate of drug-likeness (QED) is 0.387. The number of unbranched alkanes of at least 4 members (excludes halogenated alkanes) is 1. The number of hydrogen-bond donors (Lipinski definition) is 4. The Labute approximate surface area is 106 Å². The standard InChI is InChI=1S/C10H19NO5S/c1-2-3-4-15-10(17)11-9-8(14)7(13)6(12)5-16-9/h6-9,12-14H,2-5H2,1H3,(H,11,17)/t6-,7+,8+,9+/m0/s1. The number of nitrogens with one attached hydrogen (secondary N) is 1. The van der Waals surface area contributed by atoms with Crippen molar-refractivity contribution < 1.29 is 24.8 Å². The molecule has 6 nitrogen and oxygen atoms in total. The highest BCUT2D eigenvalue weighted by Crippen LogP contribution is 2.13. The van der Waals surface area contributed by atoms with Gasteiger partial charge in [0.1, 0.15) is 18.3 Å². The van der Waals surface area contributed by atoms with Crippen molar-refractivity contribution in [1.82, 2.24) is 5.32 Å². The van der Waals surface area contributed by atoms with E-state index < -0.39 is 24.5 Å². The van der Waals surface area contributed by atoms with Crippen LogP contribution in [0.2, 0.25) is 0 Å². The van der Waals surface area contributed by atoms with Gasteiger partial charge in [-0.1, -0.05) is 13.3 Å². The second-order valence-electron chi connectivity index (χ2n) is 3.94. The zero-order valence-corrected chi connectivity index (χ0v) is 10.5. The second kappa shape index (κ2) is 7.07. The molecule has 100 valence electrons. The topological polar surface area (TPSA) is 91.2 Å². The lowest BCUT2D eigenvalue weighted by atomic mass is 10.0. The van der Waals surface area contributed by atoms with Crippen LogP contribution in [0.5, 0.6) is 0 Å². The van der Waals surface area contributed by atoms with E-state index in [-0.39, 0.29) is 11.8 Å². The number of aliphatic hydroxyl groups is 3. The third-order valence-electron chi connectivity index (χ3n) is 2.49. The van der Waals surface area contributed by atoms with Crippen LogP contribution in [-0.4, -0.2) is 58.2 Å². The van der Waals surface area contributed by atoms with Gasteiger partial charge < -0.3 is 30.1 Å². The van der Waals surface area contributed by atoms with E-state index in [1.54, 1.807) is 0 Å². The van der Waals surface area contributed by atoms with Crippen molar-refractivity contribution in [2.24, 2.45) is 0 Å². The summed E-state index contributed by atoms with van der Waals surface area (Å²) in [5.41, 5.74) is 0. The van der Waals surface area contributed by atoms with Gasteiger partial charge >= 0.3 is 0 Å². The minimum atomic E-state index is -1.25. The Morgan fingerprint density at radius 1 is 1.41 bits per heavy atom. The maximum absolute atomic E-state index is 9.62. The number of thiocarbonyl (C=S) groups is 1. The summed E-state index contributed by atoms with van der Waals surface area (Å²) < 4.78 is 10.3. The molecule has 0 aromatic rings. The first-order chi connectivity index (χ1) is 8.06. The van der Waals surface area contributed by atoms with Gasteiger partial charge in [-0.25, -0.2) is 0 Å². The Morgan fingerprint density at radius 3 is 2.76 bits per heavy atom. The monoisotopic (exact) mass is 265 g/mol. The smallest absolute Gasteiger partial charge is 0.258 e. The van der Waals surface area contributed by atoms with Gasteiger partial charge in [0, 0.05) is 0 Å². The Kier molecular flexibility index (Phi) is 6.07. The highest BCUT2D eigenvalue weighted by molar-refractivity contribution is 7.80. The molecule has 0 aromatic carbocycles. The van der Waals surface area contributed by atoms with Crippen LogP contribution in [0.1, 0.15) is 19.8 Å². The van der Waals surface area contributed by atoms with Crippen LogP contribution in [0, 0.1) is 0 Å². The molecule has 0 radical (unpaired) electrons. The number of aliphatic hydroxyl groups excluding tert-OH is 3. The van der Waals surface area contributed by atoms with Gasteiger partial charge in [-0.2, -0.15) is 0 Å². The number of hydrogen-bond acceptors (Lipinski definition) is 6. The lowest BCUT2D eigenvalue weighted by Gasteiger charge is -2.35.